The zero-order valence-corrected chi connectivity index (χ0v) is 17.0. The first kappa shape index (κ1) is 24.3. The molecule has 160 valence electrons. The average molecular weight is 413 g/mol. The lowest BCUT2D eigenvalue weighted by Gasteiger charge is -2.09. The van der Waals surface area contributed by atoms with Crippen molar-refractivity contribution in [2.75, 3.05) is 6.61 Å². The number of aromatic hydroxyl groups is 1. The summed E-state index contributed by atoms with van der Waals surface area (Å²) in [5, 5.41) is 20.0. The molecule has 1 rings (SSSR count). The Morgan fingerprint density at radius 2 is 1.52 bits per heavy atom. The summed E-state index contributed by atoms with van der Waals surface area (Å²) < 4.78 is 46.3. The molecule has 29 heavy (non-hydrogen) atoms. The zero-order valence-electron chi connectivity index (χ0n) is 17.0. The fraction of sp³-hybridized carbons (Fsp3) is 0.429. The Morgan fingerprint density at radius 1 is 0.966 bits per heavy atom. The van der Waals surface area contributed by atoms with Gasteiger partial charge in [-0.15, -0.1) is 0 Å². The predicted octanol–water partition coefficient (Wildman–Crippen LogP) is 6.52. The van der Waals surface area contributed by atoms with E-state index in [0.29, 0.717) is 6.42 Å². The molecule has 1 N–H and O–H groups in total. The van der Waals surface area contributed by atoms with E-state index in [4.69, 9.17) is 4.74 Å². The van der Waals surface area contributed by atoms with Gasteiger partial charge in [0.1, 0.15) is 6.61 Å². The third kappa shape index (κ3) is 7.29. The summed E-state index contributed by atoms with van der Waals surface area (Å²) in [7, 11) is 0. The van der Waals surface area contributed by atoms with Crippen LogP contribution in [0.3, 0.4) is 0 Å². The van der Waals surface area contributed by atoms with Gasteiger partial charge in [0.05, 0.1) is 4.92 Å². The molecule has 0 unspecified atom stereocenters. The predicted molar refractivity (Wildman–Crippen MR) is 106 cm³/mol. The molecule has 0 saturated heterocycles. The number of phenolic OH excluding ortho intramolecular Hbond substituents is 1. The van der Waals surface area contributed by atoms with Crippen molar-refractivity contribution in [2.45, 2.75) is 53.4 Å². The minimum absolute atomic E-state index is 0.278. The van der Waals surface area contributed by atoms with Gasteiger partial charge in [-0.1, -0.05) is 28.9 Å². The molecule has 0 atom stereocenters. The van der Waals surface area contributed by atoms with E-state index in [1.165, 1.54) is 11.1 Å². The van der Waals surface area contributed by atoms with Crippen LogP contribution in [0.25, 0.3) is 0 Å². The number of ether oxygens (including phenoxy) is 1. The molecular formula is C21H26F3NO4. The zero-order chi connectivity index (χ0) is 22.1. The van der Waals surface area contributed by atoms with Crippen molar-refractivity contribution in [3.05, 3.63) is 62.5 Å². The Hall–Kier alpha value is -2.77. The maximum absolute atomic E-state index is 13.9. The minimum Gasteiger partial charge on any atom is -0.500 e. The van der Waals surface area contributed by atoms with Gasteiger partial charge < -0.3 is 9.84 Å². The maximum atomic E-state index is 13.9. The number of halogens is 3. The van der Waals surface area contributed by atoms with E-state index in [1.54, 1.807) is 6.08 Å². The van der Waals surface area contributed by atoms with Gasteiger partial charge in [0.2, 0.25) is 23.2 Å². The van der Waals surface area contributed by atoms with E-state index >= 15 is 0 Å². The monoisotopic (exact) mass is 413 g/mol. The van der Waals surface area contributed by atoms with E-state index in [0.717, 1.165) is 24.8 Å². The maximum Gasteiger partial charge on any atom is 0.352 e. The van der Waals surface area contributed by atoms with Crippen LogP contribution in [0.15, 0.2) is 34.9 Å². The van der Waals surface area contributed by atoms with E-state index in [1.807, 2.05) is 6.92 Å². The van der Waals surface area contributed by atoms with Crippen LogP contribution in [0.2, 0.25) is 0 Å². The van der Waals surface area contributed by atoms with Crippen molar-refractivity contribution in [2.24, 2.45) is 0 Å². The summed E-state index contributed by atoms with van der Waals surface area (Å²) in [5.41, 5.74) is 1.79. The summed E-state index contributed by atoms with van der Waals surface area (Å²) in [6.07, 6.45) is 9.33. The fourth-order valence-electron chi connectivity index (χ4n) is 2.51. The first-order valence-corrected chi connectivity index (χ1v) is 9.17. The number of allylic oxidation sites excluding steroid dienone is 5. The number of nitrogens with zero attached hydrogens (tertiary/aromatic N) is 1. The van der Waals surface area contributed by atoms with Crippen molar-refractivity contribution in [1.29, 1.82) is 0 Å². The summed E-state index contributed by atoms with van der Waals surface area (Å²) in [4.78, 5) is 9.21. The molecule has 0 aliphatic heterocycles. The minimum atomic E-state index is -1.97. The second-order valence-electron chi connectivity index (χ2n) is 7.00. The molecule has 0 aromatic heterocycles. The molecule has 0 aliphatic rings. The van der Waals surface area contributed by atoms with Gasteiger partial charge in [0, 0.05) is 0 Å². The average Bonchev–Trinajstić information content (AvgIpc) is 2.62. The lowest BCUT2D eigenvalue weighted by atomic mass is 10.1. The first-order chi connectivity index (χ1) is 13.6. The second-order valence-corrected chi connectivity index (χ2v) is 7.00. The number of rotatable bonds is 10. The van der Waals surface area contributed by atoms with Gasteiger partial charge in [0.15, 0.2) is 5.75 Å². The van der Waals surface area contributed by atoms with Gasteiger partial charge >= 0.3 is 5.69 Å². The van der Waals surface area contributed by atoms with Crippen LogP contribution in [0.5, 0.6) is 11.5 Å². The highest BCUT2D eigenvalue weighted by atomic mass is 19.2. The lowest BCUT2D eigenvalue weighted by Crippen LogP contribution is -2.05. The quantitative estimate of drug-likeness (QED) is 0.205. The largest absolute Gasteiger partial charge is 0.500 e. The molecule has 0 amide bonds. The van der Waals surface area contributed by atoms with Crippen LogP contribution in [0.4, 0.5) is 18.9 Å². The molecule has 0 spiro atoms. The highest BCUT2D eigenvalue weighted by molar-refractivity contribution is 5.53. The Kier molecular flexibility index (Phi) is 9.44. The third-order valence-corrected chi connectivity index (χ3v) is 4.20. The smallest absolute Gasteiger partial charge is 0.352 e. The van der Waals surface area contributed by atoms with E-state index in [9.17, 15) is 28.4 Å². The lowest BCUT2D eigenvalue weighted by molar-refractivity contribution is -0.389. The number of hydrogen-bond donors (Lipinski definition) is 1. The molecule has 0 bridgehead atoms. The Balaban J connectivity index is 2.67. The molecule has 0 fully saturated rings. The number of phenols is 1. The summed E-state index contributed by atoms with van der Waals surface area (Å²) in [6.45, 7) is 7.71. The third-order valence-electron chi connectivity index (χ3n) is 4.20. The first-order valence-electron chi connectivity index (χ1n) is 9.17. The number of benzene rings is 1. The highest BCUT2D eigenvalue weighted by Gasteiger charge is 2.33. The van der Waals surface area contributed by atoms with Gasteiger partial charge in [-0.05, 0) is 59.5 Å². The molecule has 1 aromatic rings. The van der Waals surface area contributed by atoms with Gasteiger partial charge in [-0.3, -0.25) is 10.1 Å². The van der Waals surface area contributed by atoms with Crippen LogP contribution in [-0.2, 0) is 0 Å². The molecule has 1 aromatic carbocycles. The molecule has 0 saturated carbocycles. The van der Waals surface area contributed by atoms with Crippen LogP contribution < -0.4 is 4.74 Å². The second kappa shape index (κ2) is 11.3. The normalized spacial score (nSPS) is 12.1. The Morgan fingerprint density at radius 3 is 2.07 bits per heavy atom. The van der Waals surface area contributed by atoms with Crippen LogP contribution in [0, 0.1) is 27.6 Å². The molecule has 0 heterocycles. The Labute approximate surface area is 168 Å². The summed E-state index contributed by atoms with van der Waals surface area (Å²) in [5.74, 6) is -8.33. The number of nitro benzene ring substituents is 1. The van der Waals surface area contributed by atoms with Crippen molar-refractivity contribution in [3.8, 4) is 11.5 Å². The van der Waals surface area contributed by atoms with Crippen LogP contribution in [-0.4, -0.2) is 16.6 Å². The fourth-order valence-corrected chi connectivity index (χ4v) is 2.51. The number of hydrogen-bond acceptors (Lipinski definition) is 4. The van der Waals surface area contributed by atoms with Crippen molar-refractivity contribution in [1.82, 2.24) is 0 Å². The summed E-state index contributed by atoms with van der Waals surface area (Å²) in [6, 6.07) is 0. The summed E-state index contributed by atoms with van der Waals surface area (Å²) >= 11 is 0. The van der Waals surface area contributed by atoms with Gasteiger partial charge in [-0.25, -0.2) is 0 Å². The van der Waals surface area contributed by atoms with Crippen molar-refractivity contribution >= 4 is 5.69 Å². The molecule has 5 nitrogen and oxygen atoms in total. The molecule has 0 radical (unpaired) electrons. The number of nitro groups is 1. The highest BCUT2D eigenvalue weighted by Crippen LogP contribution is 2.39. The van der Waals surface area contributed by atoms with Crippen LogP contribution in [0.1, 0.15) is 53.4 Å². The van der Waals surface area contributed by atoms with Gasteiger partial charge in [-0.2, -0.15) is 13.2 Å². The molecule has 0 aliphatic carbocycles. The van der Waals surface area contributed by atoms with E-state index in [-0.39, 0.29) is 6.61 Å². The van der Waals surface area contributed by atoms with Gasteiger partial charge in [0.25, 0.3) is 0 Å². The SMILES string of the molecule is CC(C)=CCCC(C)=CCCC(C)=CCOc1c(F)c(O)c([N+](=O)[O-])c(F)c1F. The standard InChI is InChI=1S/C21H26F3NO4/c1-13(2)7-5-8-14(3)9-6-10-15(4)11-12-29-21-17(23)16(22)19(25(27)28)20(26)18(21)24/h7,9,11,26H,5-6,8,10,12H2,1-4H3. The van der Waals surface area contributed by atoms with E-state index in [2.05, 4.69) is 32.9 Å². The molecule has 8 heteroatoms. The van der Waals surface area contributed by atoms with Crippen molar-refractivity contribution < 1.29 is 27.9 Å². The molecular weight excluding hydrogens is 387 g/mol. The topological polar surface area (TPSA) is 72.6 Å². The van der Waals surface area contributed by atoms with Crippen LogP contribution >= 0.6 is 0 Å². The van der Waals surface area contributed by atoms with E-state index < -0.39 is 39.6 Å². The van der Waals surface area contributed by atoms with Crippen molar-refractivity contribution in [3.63, 3.8) is 0 Å². The Bertz CT molecular complexity index is 812.